The molecule has 2 aliphatic heterocycles. The number of methoxy groups -OCH3 is 1. The fraction of sp³-hybridized carbons (Fsp3) is 0.300. The van der Waals surface area contributed by atoms with Crippen LogP contribution in [-0.4, -0.2) is 19.7 Å². The third-order valence-electron chi connectivity index (χ3n) is 7.11. The zero-order chi connectivity index (χ0) is 24.9. The van der Waals surface area contributed by atoms with Gasteiger partial charge in [-0.25, -0.2) is 0 Å². The zero-order valence-electron chi connectivity index (χ0n) is 20.7. The Hall–Kier alpha value is -3.93. The van der Waals surface area contributed by atoms with Gasteiger partial charge in [0.2, 0.25) is 6.79 Å². The van der Waals surface area contributed by atoms with Crippen LogP contribution in [0.2, 0.25) is 0 Å². The zero-order valence-corrected chi connectivity index (χ0v) is 20.7. The smallest absolute Gasteiger partial charge is 0.231 e. The van der Waals surface area contributed by atoms with Crippen LogP contribution < -0.4 is 24.3 Å². The Morgan fingerprint density at radius 2 is 1.75 bits per heavy atom. The number of hydrogen-bond acceptors (Lipinski definition) is 6. The summed E-state index contributed by atoms with van der Waals surface area (Å²) in [6.45, 7) is 4.90. The van der Waals surface area contributed by atoms with Crippen molar-refractivity contribution >= 4 is 11.5 Å². The quantitative estimate of drug-likeness (QED) is 0.466. The second-order valence-corrected chi connectivity index (χ2v) is 10.4. The first-order valence-electron chi connectivity index (χ1n) is 12.2. The molecule has 0 amide bonds. The van der Waals surface area contributed by atoms with Crippen molar-refractivity contribution in [3.05, 3.63) is 88.6 Å². The summed E-state index contributed by atoms with van der Waals surface area (Å²) in [6, 6.07) is 20.0. The number of Topliss-reactive ketones (excluding diaryl/α,β-unsaturated/α-hetero) is 1. The lowest BCUT2D eigenvalue weighted by Gasteiger charge is -2.39. The Labute approximate surface area is 210 Å². The fourth-order valence-electron chi connectivity index (χ4n) is 5.47. The maximum absolute atomic E-state index is 13.6. The SMILES string of the molecule is COc1ccc(C2C3=C(CC(C)(C)CC3=O)Nc3cc4c(cc32)OCO4)cc1OCc1ccccc1. The summed E-state index contributed by atoms with van der Waals surface area (Å²) in [4.78, 5) is 13.6. The predicted octanol–water partition coefficient (Wildman–Crippen LogP) is 6.20. The molecule has 0 saturated heterocycles. The van der Waals surface area contributed by atoms with E-state index in [-0.39, 0.29) is 23.9 Å². The lowest BCUT2D eigenvalue weighted by molar-refractivity contribution is -0.118. The average Bonchev–Trinajstić information content (AvgIpc) is 3.32. The molecular weight excluding hydrogens is 454 g/mol. The van der Waals surface area contributed by atoms with Gasteiger partial charge in [0.05, 0.1) is 7.11 Å². The number of allylic oxidation sites excluding steroid dienone is 2. The number of anilines is 1. The van der Waals surface area contributed by atoms with E-state index in [0.717, 1.165) is 40.1 Å². The molecule has 1 unspecified atom stereocenters. The molecule has 3 aromatic rings. The highest BCUT2D eigenvalue weighted by atomic mass is 16.7. The Morgan fingerprint density at radius 3 is 2.53 bits per heavy atom. The van der Waals surface area contributed by atoms with E-state index in [1.54, 1.807) is 7.11 Å². The largest absolute Gasteiger partial charge is 0.493 e. The van der Waals surface area contributed by atoms with E-state index in [1.807, 2.05) is 60.7 Å². The molecule has 6 nitrogen and oxygen atoms in total. The van der Waals surface area contributed by atoms with Crippen molar-refractivity contribution in [2.75, 3.05) is 19.2 Å². The van der Waals surface area contributed by atoms with Gasteiger partial charge in [0.15, 0.2) is 28.8 Å². The molecule has 3 aromatic carbocycles. The molecule has 6 rings (SSSR count). The highest BCUT2D eigenvalue weighted by Crippen LogP contribution is 2.52. The first kappa shape index (κ1) is 22.5. The van der Waals surface area contributed by atoms with Crippen molar-refractivity contribution in [3.63, 3.8) is 0 Å². The second-order valence-electron chi connectivity index (χ2n) is 10.4. The molecule has 0 aromatic heterocycles. The molecule has 1 atom stereocenters. The highest BCUT2D eigenvalue weighted by molar-refractivity contribution is 6.01. The molecule has 0 spiro atoms. The Morgan fingerprint density at radius 1 is 0.972 bits per heavy atom. The van der Waals surface area contributed by atoms with Gasteiger partial charge in [-0.3, -0.25) is 4.79 Å². The molecule has 0 bridgehead atoms. The molecule has 0 radical (unpaired) electrons. The number of rotatable bonds is 5. The number of ether oxygens (including phenoxy) is 4. The van der Waals surface area contributed by atoms with Gasteiger partial charge in [-0.2, -0.15) is 0 Å². The van der Waals surface area contributed by atoms with Gasteiger partial charge in [-0.05, 0) is 46.7 Å². The number of ketones is 1. The van der Waals surface area contributed by atoms with Gasteiger partial charge in [-0.1, -0.05) is 50.2 Å². The van der Waals surface area contributed by atoms with E-state index >= 15 is 0 Å². The van der Waals surface area contributed by atoms with E-state index in [1.165, 1.54) is 0 Å². The van der Waals surface area contributed by atoms with Crippen LogP contribution in [0.1, 0.15) is 49.3 Å². The Kier molecular flexibility index (Phi) is 5.40. The van der Waals surface area contributed by atoms with Crippen molar-refractivity contribution in [2.24, 2.45) is 5.41 Å². The lowest BCUT2D eigenvalue weighted by Crippen LogP contribution is -2.33. The molecular formula is C30H29NO5. The second kappa shape index (κ2) is 8.63. The van der Waals surface area contributed by atoms with Crippen molar-refractivity contribution in [3.8, 4) is 23.0 Å². The summed E-state index contributed by atoms with van der Waals surface area (Å²) in [6.07, 6.45) is 1.31. The van der Waals surface area contributed by atoms with Crippen molar-refractivity contribution in [2.45, 2.75) is 39.2 Å². The van der Waals surface area contributed by atoms with Gasteiger partial charge in [0, 0.05) is 35.4 Å². The normalized spacial score (nSPS) is 19.3. The minimum absolute atomic E-state index is 0.106. The van der Waals surface area contributed by atoms with Gasteiger partial charge >= 0.3 is 0 Å². The number of fused-ring (bicyclic) bond motifs is 2. The lowest BCUT2D eigenvalue weighted by atomic mass is 9.68. The summed E-state index contributed by atoms with van der Waals surface area (Å²) >= 11 is 0. The van der Waals surface area contributed by atoms with Crippen LogP contribution in [0.25, 0.3) is 0 Å². The van der Waals surface area contributed by atoms with Crippen LogP contribution in [0.5, 0.6) is 23.0 Å². The third-order valence-corrected chi connectivity index (χ3v) is 7.11. The van der Waals surface area contributed by atoms with Gasteiger partial charge < -0.3 is 24.3 Å². The number of hydrogen-bond donors (Lipinski definition) is 1. The first-order valence-corrected chi connectivity index (χ1v) is 12.2. The number of carbonyl (C=O) groups is 1. The molecule has 1 aliphatic carbocycles. The number of nitrogens with one attached hydrogen (secondary N) is 1. The van der Waals surface area contributed by atoms with Gasteiger partial charge in [0.1, 0.15) is 6.61 Å². The van der Waals surface area contributed by atoms with Crippen LogP contribution in [-0.2, 0) is 11.4 Å². The molecule has 0 fully saturated rings. The molecule has 184 valence electrons. The average molecular weight is 484 g/mol. The van der Waals surface area contributed by atoms with E-state index in [9.17, 15) is 4.79 Å². The molecule has 1 N–H and O–H groups in total. The van der Waals surface area contributed by atoms with Crippen LogP contribution >= 0.6 is 0 Å². The summed E-state index contributed by atoms with van der Waals surface area (Å²) in [7, 11) is 1.64. The fourth-order valence-corrected chi connectivity index (χ4v) is 5.47. The van der Waals surface area contributed by atoms with E-state index < -0.39 is 0 Å². The Bertz CT molecular complexity index is 1380. The first-order chi connectivity index (χ1) is 17.4. The summed E-state index contributed by atoms with van der Waals surface area (Å²) in [5.41, 5.74) is 5.67. The maximum Gasteiger partial charge on any atom is 0.231 e. The minimum atomic E-state index is -0.251. The van der Waals surface area contributed by atoms with Crippen molar-refractivity contribution in [1.29, 1.82) is 0 Å². The predicted molar refractivity (Wildman–Crippen MR) is 137 cm³/mol. The van der Waals surface area contributed by atoms with Crippen LogP contribution in [0.4, 0.5) is 5.69 Å². The summed E-state index contributed by atoms with van der Waals surface area (Å²) in [5.74, 6) is 2.63. The van der Waals surface area contributed by atoms with Crippen molar-refractivity contribution in [1.82, 2.24) is 0 Å². The van der Waals surface area contributed by atoms with Crippen LogP contribution in [0.3, 0.4) is 0 Å². The minimum Gasteiger partial charge on any atom is -0.493 e. The van der Waals surface area contributed by atoms with E-state index in [2.05, 4.69) is 19.2 Å². The topological polar surface area (TPSA) is 66.0 Å². The molecule has 0 saturated carbocycles. The number of benzene rings is 3. The van der Waals surface area contributed by atoms with Crippen LogP contribution in [0.15, 0.2) is 71.9 Å². The molecule has 3 aliphatic rings. The standard InChI is InChI=1S/C30H29NO5/c1-30(2)14-22-29(23(32)15-30)28(20-12-26-27(36-17-35-26)13-21(20)31-22)19-9-10-24(33-3)25(11-19)34-16-18-7-5-4-6-8-18/h4-13,28,31H,14-17H2,1-3H3. The molecule has 36 heavy (non-hydrogen) atoms. The maximum atomic E-state index is 13.6. The molecule has 6 heteroatoms. The van der Waals surface area contributed by atoms with Gasteiger partial charge in [-0.15, -0.1) is 0 Å². The summed E-state index contributed by atoms with van der Waals surface area (Å²) < 4.78 is 23.2. The van der Waals surface area contributed by atoms with E-state index in [4.69, 9.17) is 18.9 Å². The monoisotopic (exact) mass is 483 g/mol. The number of carbonyl (C=O) groups excluding carboxylic acids is 1. The van der Waals surface area contributed by atoms with E-state index in [0.29, 0.717) is 36.0 Å². The van der Waals surface area contributed by atoms with Gasteiger partial charge in [0.25, 0.3) is 0 Å². The summed E-state index contributed by atoms with van der Waals surface area (Å²) in [5, 5.41) is 3.57. The molecule has 2 heterocycles. The van der Waals surface area contributed by atoms with Crippen molar-refractivity contribution < 1.29 is 23.7 Å². The Balaban J connectivity index is 1.46. The third kappa shape index (κ3) is 3.96. The highest BCUT2D eigenvalue weighted by Gasteiger charge is 2.41. The van der Waals surface area contributed by atoms with Crippen LogP contribution in [0, 0.1) is 5.41 Å².